The van der Waals surface area contributed by atoms with E-state index in [1.54, 1.807) is 17.3 Å². The lowest BCUT2D eigenvalue weighted by molar-refractivity contribution is -0.138. The average molecular weight is 220 g/mol. The number of aliphatic hydroxyl groups excluding tert-OH is 1. The van der Waals surface area contributed by atoms with Crippen LogP contribution in [0, 0.1) is 0 Å². The van der Waals surface area contributed by atoms with Gasteiger partial charge in [-0.3, -0.25) is 9.78 Å². The lowest BCUT2D eigenvalue weighted by Crippen LogP contribution is -2.44. The normalized spacial score (nSPS) is 21.2. The molecule has 1 aliphatic heterocycles. The molecule has 0 radical (unpaired) electrons. The summed E-state index contributed by atoms with van der Waals surface area (Å²) < 4.78 is 0. The van der Waals surface area contributed by atoms with Crippen molar-refractivity contribution in [1.29, 1.82) is 0 Å². The lowest BCUT2D eigenvalue weighted by Gasteiger charge is -2.34. The van der Waals surface area contributed by atoms with Gasteiger partial charge in [0, 0.05) is 25.4 Å². The van der Waals surface area contributed by atoms with Crippen molar-refractivity contribution in [2.45, 2.75) is 31.8 Å². The number of amides is 1. The smallest absolute Gasteiger partial charge is 0.223 e. The molecule has 2 heterocycles. The fraction of sp³-hybridized carbons (Fsp3) is 0.500. The molecule has 0 aliphatic carbocycles. The van der Waals surface area contributed by atoms with Gasteiger partial charge in [-0.2, -0.15) is 0 Å². The molecule has 1 aromatic rings. The van der Waals surface area contributed by atoms with E-state index in [-0.39, 0.29) is 18.6 Å². The van der Waals surface area contributed by atoms with Crippen LogP contribution in [0.15, 0.2) is 24.5 Å². The molecule has 0 aromatic carbocycles. The first-order chi connectivity index (χ1) is 7.81. The zero-order chi connectivity index (χ0) is 11.4. The number of hydrogen-bond donors (Lipinski definition) is 1. The molecule has 16 heavy (non-hydrogen) atoms. The van der Waals surface area contributed by atoms with Gasteiger partial charge in [0.05, 0.1) is 12.6 Å². The van der Waals surface area contributed by atoms with Crippen molar-refractivity contribution in [3.8, 4) is 0 Å². The van der Waals surface area contributed by atoms with Gasteiger partial charge in [-0.05, 0) is 30.5 Å². The van der Waals surface area contributed by atoms with E-state index < -0.39 is 0 Å². The van der Waals surface area contributed by atoms with Crippen LogP contribution in [0.5, 0.6) is 0 Å². The first-order valence-electron chi connectivity index (χ1n) is 5.60. The van der Waals surface area contributed by atoms with E-state index in [0.717, 1.165) is 18.4 Å². The Labute approximate surface area is 94.9 Å². The number of rotatable bonds is 3. The highest BCUT2D eigenvalue weighted by Crippen LogP contribution is 2.20. The topological polar surface area (TPSA) is 53.4 Å². The molecule has 86 valence electrons. The number of pyridine rings is 1. The standard InChI is InChI=1S/C12H16N2O2/c15-9-11-2-1-3-12(16)14(11)8-10-4-6-13-7-5-10/h4-7,11,15H,1-3,8-9H2. The van der Waals surface area contributed by atoms with Gasteiger partial charge in [0.1, 0.15) is 0 Å². The maximum atomic E-state index is 11.8. The van der Waals surface area contributed by atoms with Crippen LogP contribution in [0.1, 0.15) is 24.8 Å². The maximum absolute atomic E-state index is 11.8. The van der Waals surface area contributed by atoms with Crippen LogP contribution in [-0.2, 0) is 11.3 Å². The molecule has 4 nitrogen and oxygen atoms in total. The summed E-state index contributed by atoms with van der Waals surface area (Å²) in [6, 6.07) is 3.78. The highest BCUT2D eigenvalue weighted by molar-refractivity contribution is 5.77. The number of carbonyl (C=O) groups excluding carboxylic acids is 1. The third kappa shape index (κ3) is 2.39. The summed E-state index contributed by atoms with van der Waals surface area (Å²) in [7, 11) is 0. The first kappa shape index (κ1) is 11.1. The van der Waals surface area contributed by atoms with Gasteiger partial charge in [0.2, 0.25) is 5.91 Å². The minimum Gasteiger partial charge on any atom is -0.394 e. The molecule has 4 heteroatoms. The zero-order valence-corrected chi connectivity index (χ0v) is 9.17. The van der Waals surface area contributed by atoms with Crippen LogP contribution < -0.4 is 0 Å². The summed E-state index contributed by atoms with van der Waals surface area (Å²) in [6.07, 6.45) is 5.82. The van der Waals surface area contributed by atoms with Crippen LogP contribution in [0.3, 0.4) is 0 Å². The van der Waals surface area contributed by atoms with Gasteiger partial charge in [-0.15, -0.1) is 0 Å². The van der Waals surface area contributed by atoms with Crippen molar-refractivity contribution in [1.82, 2.24) is 9.88 Å². The Balaban J connectivity index is 2.08. The summed E-state index contributed by atoms with van der Waals surface area (Å²) >= 11 is 0. The number of hydrogen-bond acceptors (Lipinski definition) is 3. The maximum Gasteiger partial charge on any atom is 0.223 e. The van der Waals surface area contributed by atoms with Gasteiger partial charge in [-0.25, -0.2) is 0 Å². The molecule has 1 fully saturated rings. The lowest BCUT2D eigenvalue weighted by atomic mass is 10.0. The van der Waals surface area contributed by atoms with Gasteiger partial charge >= 0.3 is 0 Å². The van der Waals surface area contributed by atoms with E-state index in [0.29, 0.717) is 13.0 Å². The van der Waals surface area contributed by atoms with Crippen molar-refractivity contribution in [2.24, 2.45) is 0 Å². The molecule has 1 aliphatic rings. The summed E-state index contributed by atoms with van der Waals surface area (Å²) in [6.45, 7) is 0.628. The summed E-state index contributed by atoms with van der Waals surface area (Å²) in [4.78, 5) is 17.5. The van der Waals surface area contributed by atoms with Gasteiger partial charge in [0.15, 0.2) is 0 Å². The number of aromatic nitrogens is 1. The molecule has 1 saturated heterocycles. The molecule has 1 unspecified atom stereocenters. The summed E-state index contributed by atoms with van der Waals surface area (Å²) in [5.74, 6) is 0.141. The van der Waals surface area contributed by atoms with Crippen molar-refractivity contribution < 1.29 is 9.90 Å². The largest absolute Gasteiger partial charge is 0.394 e. The van der Waals surface area contributed by atoms with Crippen LogP contribution in [0.2, 0.25) is 0 Å². The Morgan fingerprint density at radius 1 is 1.44 bits per heavy atom. The number of nitrogens with zero attached hydrogens (tertiary/aromatic N) is 2. The predicted octanol–water partition coefficient (Wildman–Crippen LogP) is 0.955. The quantitative estimate of drug-likeness (QED) is 0.825. The van der Waals surface area contributed by atoms with E-state index in [2.05, 4.69) is 4.98 Å². The molecule has 1 amide bonds. The molecule has 1 N–H and O–H groups in total. The molecule has 1 atom stereocenters. The second-order valence-electron chi connectivity index (χ2n) is 4.11. The van der Waals surface area contributed by atoms with Gasteiger partial charge in [-0.1, -0.05) is 0 Å². The van der Waals surface area contributed by atoms with Crippen LogP contribution in [-0.4, -0.2) is 33.5 Å². The van der Waals surface area contributed by atoms with Gasteiger partial charge in [0.25, 0.3) is 0 Å². The van der Waals surface area contributed by atoms with Crippen molar-refractivity contribution in [3.63, 3.8) is 0 Å². The molecule has 2 rings (SSSR count). The van der Waals surface area contributed by atoms with E-state index in [4.69, 9.17) is 0 Å². The molecular formula is C12H16N2O2. The third-order valence-corrected chi connectivity index (χ3v) is 3.00. The Morgan fingerprint density at radius 2 is 2.19 bits per heavy atom. The van der Waals surface area contributed by atoms with Gasteiger partial charge < -0.3 is 10.0 Å². The van der Waals surface area contributed by atoms with Crippen LogP contribution in [0.4, 0.5) is 0 Å². The Kier molecular flexibility index (Phi) is 3.51. The molecule has 1 aromatic heterocycles. The van der Waals surface area contributed by atoms with Crippen molar-refractivity contribution >= 4 is 5.91 Å². The van der Waals surface area contributed by atoms with E-state index in [1.807, 2.05) is 12.1 Å². The van der Waals surface area contributed by atoms with Crippen LogP contribution >= 0.6 is 0 Å². The van der Waals surface area contributed by atoms with E-state index in [1.165, 1.54) is 0 Å². The average Bonchev–Trinajstić information content (AvgIpc) is 2.33. The summed E-state index contributed by atoms with van der Waals surface area (Å²) in [5.41, 5.74) is 1.06. The predicted molar refractivity (Wildman–Crippen MR) is 59.5 cm³/mol. The number of aliphatic hydroxyl groups is 1. The van der Waals surface area contributed by atoms with Crippen molar-refractivity contribution in [3.05, 3.63) is 30.1 Å². The fourth-order valence-corrected chi connectivity index (χ4v) is 2.08. The Bertz CT molecular complexity index is 353. The second-order valence-corrected chi connectivity index (χ2v) is 4.11. The SMILES string of the molecule is O=C1CCCC(CO)N1Cc1ccncc1. The zero-order valence-electron chi connectivity index (χ0n) is 9.17. The van der Waals surface area contributed by atoms with E-state index in [9.17, 15) is 9.90 Å². The molecule has 0 saturated carbocycles. The number of piperidine rings is 1. The highest BCUT2D eigenvalue weighted by Gasteiger charge is 2.27. The van der Waals surface area contributed by atoms with E-state index >= 15 is 0 Å². The Hall–Kier alpha value is -1.42. The third-order valence-electron chi connectivity index (χ3n) is 3.00. The van der Waals surface area contributed by atoms with Crippen molar-refractivity contribution in [2.75, 3.05) is 6.61 Å². The summed E-state index contributed by atoms with van der Waals surface area (Å²) in [5, 5.41) is 9.25. The first-order valence-corrected chi connectivity index (χ1v) is 5.60. The molecular weight excluding hydrogens is 204 g/mol. The number of carbonyl (C=O) groups is 1. The highest BCUT2D eigenvalue weighted by atomic mass is 16.3. The Morgan fingerprint density at radius 3 is 2.88 bits per heavy atom. The van der Waals surface area contributed by atoms with Crippen LogP contribution in [0.25, 0.3) is 0 Å². The molecule has 0 spiro atoms. The fourth-order valence-electron chi connectivity index (χ4n) is 2.08. The molecule has 0 bridgehead atoms. The second kappa shape index (κ2) is 5.07. The minimum absolute atomic E-state index is 0.0191. The monoisotopic (exact) mass is 220 g/mol. The minimum atomic E-state index is -0.0191. The number of likely N-dealkylation sites (tertiary alicyclic amines) is 1.